The summed E-state index contributed by atoms with van der Waals surface area (Å²) in [6, 6.07) is 0. The smallest absolute Gasteiger partial charge is 0.316 e. The Morgan fingerprint density at radius 3 is 1.39 bits per heavy atom. The van der Waals surface area contributed by atoms with E-state index in [4.69, 9.17) is 28.4 Å². The number of methoxy groups -OCH3 is 1. The van der Waals surface area contributed by atoms with E-state index in [9.17, 15) is 76.3 Å². The zero-order valence-electron chi connectivity index (χ0n) is 58.6. The monoisotopic (exact) mass is 1370 g/mol. The Hall–Kier alpha value is -3.28. The molecule has 12 aliphatic rings. The third-order valence-electron chi connectivity index (χ3n) is 31.6. The predicted octanol–water partition coefficient (Wildman–Crippen LogP) is 3.10. The first-order chi connectivity index (χ1) is 45.1. The number of hydrogen-bond acceptors (Lipinski definition) is 23. The van der Waals surface area contributed by atoms with Crippen LogP contribution in [0, 0.1) is 101 Å². The van der Waals surface area contributed by atoms with E-state index in [0.717, 1.165) is 11.1 Å². The van der Waals surface area contributed by atoms with E-state index >= 15 is 14.4 Å². The van der Waals surface area contributed by atoms with Crippen LogP contribution in [0.1, 0.15) is 179 Å². The highest BCUT2D eigenvalue weighted by Gasteiger charge is 2.78. The van der Waals surface area contributed by atoms with Gasteiger partial charge in [-0.1, -0.05) is 78.7 Å². The van der Waals surface area contributed by atoms with Gasteiger partial charge in [-0.3, -0.25) is 19.2 Å². The van der Waals surface area contributed by atoms with Crippen LogP contribution in [0.5, 0.6) is 0 Å². The lowest BCUT2D eigenvalue weighted by molar-refractivity contribution is -0.300. The van der Waals surface area contributed by atoms with Crippen LogP contribution in [-0.2, 0) is 47.6 Å². The van der Waals surface area contributed by atoms with Gasteiger partial charge in [-0.05, 0) is 192 Å². The summed E-state index contributed by atoms with van der Waals surface area (Å²) in [5, 5.41) is 162. The standard InChI is InChI=1S/C73H112O24/c1-34-17-23-71(60(88)96-56-50(82)48(80)46(78)40(31-74)93-56)28-26-65(6)37(53(71)70(34,11)91)14-16-43-63(4)30-39(77)55(73(33-75,58(85)86)45(63)20-22-67(43,65)8)95-59(87)68(9)44-19-21-66(7)42(62(44,3)29-38(76)54(68)84)15-13-36-52-69(10,90)35(2)18-24-72(52,27-25-64(36,66)5)61(89)97-57-51(83)49(81)47(79)41(94-57)32-92-12/h13-14,34-35,38-57,74-84,90-91H,15-33H2,1-12H3,(H,85,86)/t34-,35-,38-,39-,40-,41-,42-,43-,44-,45-,46-,47-,48+,49+,50-,51-,52-,53-,54+,55-,56+,57+,62-,63-,64-,65-,66-,67-,68+,69-,70-,71+,72+,73-/m1/s1. The Kier molecular flexibility index (Phi) is 18.3. The highest BCUT2D eigenvalue weighted by Crippen LogP contribution is 2.79. The minimum absolute atomic E-state index is 0.0570. The number of carbonyl (C=O) groups is 4. The summed E-state index contributed by atoms with van der Waals surface area (Å²) in [4.78, 5) is 60.5. The number of hydrogen-bond donors (Lipinski definition) is 14. The largest absolute Gasteiger partial charge is 0.481 e. The normalized spacial score (nSPS) is 56.1. The van der Waals surface area contributed by atoms with Crippen molar-refractivity contribution in [3.05, 3.63) is 23.3 Å². The lowest BCUT2D eigenvalue weighted by Gasteiger charge is -2.72. The van der Waals surface area contributed by atoms with Crippen LogP contribution in [0.2, 0.25) is 0 Å². The molecule has 0 amide bonds. The van der Waals surface area contributed by atoms with E-state index in [0.29, 0.717) is 70.6 Å². The molecule has 0 spiro atoms. The second-order valence-corrected chi connectivity index (χ2v) is 35.2. The molecule has 97 heavy (non-hydrogen) atoms. The summed E-state index contributed by atoms with van der Waals surface area (Å²) >= 11 is 0. The molecular formula is C73H112O24. The van der Waals surface area contributed by atoms with Crippen molar-refractivity contribution in [2.45, 2.75) is 276 Å². The van der Waals surface area contributed by atoms with Crippen LogP contribution in [0.25, 0.3) is 0 Å². The van der Waals surface area contributed by atoms with E-state index < -0.39 is 212 Å². The minimum Gasteiger partial charge on any atom is -0.481 e. The molecule has 24 heteroatoms. The maximum absolute atomic E-state index is 15.9. The molecule has 2 saturated heterocycles. The van der Waals surface area contributed by atoms with E-state index in [-0.39, 0.29) is 62.4 Å². The third kappa shape index (κ3) is 9.68. The molecule has 10 fully saturated rings. The maximum Gasteiger partial charge on any atom is 0.316 e. The zero-order valence-corrected chi connectivity index (χ0v) is 58.6. The molecule has 8 saturated carbocycles. The van der Waals surface area contributed by atoms with Gasteiger partial charge in [0.05, 0.1) is 65.6 Å². The molecule has 0 aromatic heterocycles. The van der Waals surface area contributed by atoms with E-state index in [1.165, 1.54) is 7.11 Å². The Balaban J connectivity index is 0.833. The molecule has 0 unspecified atom stereocenters. The molecule has 14 N–H and O–H groups in total. The number of fused-ring (bicyclic) bond motifs is 14. The van der Waals surface area contributed by atoms with Crippen LogP contribution < -0.4 is 0 Å². The van der Waals surface area contributed by atoms with E-state index in [1.54, 1.807) is 20.8 Å². The highest BCUT2D eigenvalue weighted by molar-refractivity contribution is 5.82. The first-order valence-electron chi connectivity index (χ1n) is 36.0. The summed E-state index contributed by atoms with van der Waals surface area (Å²) in [5.74, 6) is -8.43. The van der Waals surface area contributed by atoms with Crippen molar-refractivity contribution in [3.63, 3.8) is 0 Å². The zero-order chi connectivity index (χ0) is 71.3. The van der Waals surface area contributed by atoms with Gasteiger partial charge in [0.15, 0.2) is 0 Å². The van der Waals surface area contributed by atoms with Crippen LogP contribution in [0.4, 0.5) is 0 Å². The van der Waals surface area contributed by atoms with Gasteiger partial charge in [-0.15, -0.1) is 0 Å². The average Bonchev–Trinajstić information content (AvgIpc) is 0.673. The second kappa shape index (κ2) is 24.1. The van der Waals surface area contributed by atoms with Gasteiger partial charge in [0, 0.05) is 18.9 Å². The van der Waals surface area contributed by atoms with Crippen molar-refractivity contribution in [2.24, 2.45) is 101 Å². The number of aliphatic hydroxyl groups is 13. The van der Waals surface area contributed by atoms with Gasteiger partial charge in [0.2, 0.25) is 12.6 Å². The fourth-order valence-electron chi connectivity index (χ4n) is 25.2. The van der Waals surface area contributed by atoms with Crippen molar-refractivity contribution in [3.8, 4) is 0 Å². The second-order valence-electron chi connectivity index (χ2n) is 35.2. The fraction of sp³-hybridized carbons (Fsp3) is 0.890. The number of rotatable bonds is 11. The Bertz CT molecular complexity index is 3150. The van der Waals surface area contributed by atoms with Gasteiger partial charge < -0.3 is 99.9 Å². The molecule has 2 aliphatic heterocycles. The molecule has 2 heterocycles. The molecule has 34 atom stereocenters. The molecule has 0 aromatic rings. The molecule has 24 nitrogen and oxygen atoms in total. The van der Waals surface area contributed by atoms with Gasteiger partial charge in [-0.25, -0.2) is 0 Å². The van der Waals surface area contributed by atoms with Crippen molar-refractivity contribution in [2.75, 3.05) is 26.9 Å². The quantitative estimate of drug-likeness (QED) is 0.0803. The molecular weight excluding hydrogens is 1260 g/mol. The fourth-order valence-corrected chi connectivity index (χ4v) is 25.2. The van der Waals surface area contributed by atoms with Crippen molar-refractivity contribution in [1.82, 2.24) is 0 Å². The van der Waals surface area contributed by atoms with Crippen LogP contribution >= 0.6 is 0 Å². The number of aliphatic carboxylic acids is 1. The molecule has 10 aliphatic carbocycles. The number of ether oxygens (including phenoxy) is 6. The molecule has 12 rings (SSSR count). The topological polar surface area (TPSA) is 407 Å². The molecule has 0 bridgehead atoms. The predicted molar refractivity (Wildman–Crippen MR) is 342 cm³/mol. The number of aliphatic hydroxyl groups excluding tert-OH is 11. The Morgan fingerprint density at radius 2 is 0.948 bits per heavy atom. The number of carboxylic acid groups (broad SMARTS) is 1. The molecule has 548 valence electrons. The van der Waals surface area contributed by atoms with Crippen LogP contribution in [0.15, 0.2) is 23.3 Å². The highest BCUT2D eigenvalue weighted by atomic mass is 16.7. The summed E-state index contributed by atoms with van der Waals surface area (Å²) in [6.45, 7) is 19.6. The van der Waals surface area contributed by atoms with Crippen LogP contribution in [-0.4, -0.2) is 219 Å². The lowest BCUT2D eigenvalue weighted by atomic mass is 9.32. The van der Waals surface area contributed by atoms with Crippen molar-refractivity contribution < 1.29 is 119 Å². The van der Waals surface area contributed by atoms with E-state index in [2.05, 4.69) is 39.8 Å². The number of esters is 3. The summed E-state index contributed by atoms with van der Waals surface area (Å²) in [6.07, 6.45) is -13.8. The minimum atomic E-state index is -2.28. The number of carboxylic acids is 1. The summed E-state index contributed by atoms with van der Waals surface area (Å²) < 4.78 is 35.4. The lowest BCUT2D eigenvalue weighted by Crippen LogP contribution is -2.73. The first kappa shape index (κ1) is 73.5. The summed E-state index contributed by atoms with van der Waals surface area (Å²) in [5.41, 5.74) is -12.9. The Morgan fingerprint density at radius 1 is 0.515 bits per heavy atom. The van der Waals surface area contributed by atoms with Crippen molar-refractivity contribution in [1.29, 1.82) is 0 Å². The Labute approximate surface area is 568 Å². The summed E-state index contributed by atoms with van der Waals surface area (Å²) in [7, 11) is 1.38. The van der Waals surface area contributed by atoms with Gasteiger partial charge in [0.1, 0.15) is 60.4 Å². The number of carbonyl (C=O) groups excluding carboxylic acids is 3. The SMILES string of the molecule is COC[C@H]1O[C@@H](OC(=O)[C@]23CC[C@@H](C)[C@@](C)(O)[C@H]2C2=CC[C@@H]4[C@@]5(C)C[C@@H](O)[C@H](O)[C@@](C)(C(=O)O[C@@H]6[C@H](O)C[C@@]7(C)[C@@H](CC[C@]8(C)[C@@H]7CC=C7[C@H]9[C@](C(=O)O[C@@H]%10O[C@H](CO)[C@@H](O)[C@H](O)[C@H]%10O)(CC[C@@H](C)[C@@]9(C)O)CC[C@]78C)[C@@]6(CO)C(=O)O)[C@@H]5CC[C@@]4(C)[C@]2(C)CC3)[C@H](O)[C@@H](O)[C@@H]1O. The van der Waals surface area contributed by atoms with Gasteiger partial charge in [-0.2, -0.15) is 0 Å². The maximum atomic E-state index is 15.9. The van der Waals surface area contributed by atoms with Gasteiger partial charge in [0.25, 0.3) is 0 Å². The van der Waals surface area contributed by atoms with Crippen molar-refractivity contribution >= 4 is 23.9 Å². The first-order valence-corrected chi connectivity index (χ1v) is 36.0. The third-order valence-corrected chi connectivity index (χ3v) is 31.6. The van der Waals surface area contributed by atoms with Gasteiger partial charge >= 0.3 is 23.9 Å². The van der Waals surface area contributed by atoms with E-state index in [1.807, 2.05) is 27.7 Å². The number of allylic oxidation sites excluding steroid dienone is 2. The average molecular weight is 1370 g/mol. The molecule has 0 radical (unpaired) electrons. The van der Waals surface area contributed by atoms with Crippen LogP contribution in [0.3, 0.4) is 0 Å². The molecule has 0 aromatic carbocycles.